The lowest BCUT2D eigenvalue weighted by Gasteiger charge is -2.32. The van der Waals surface area contributed by atoms with E-state index in [0.29, 0.717) is 5.92 Å². The first-order valence-electron chi connectivity index (χ1n) is 10.7. The molecule has 0 saturated carbocycles. The number of ether oxygens (including phenoxy) is 1. The van der Waals surface area contributed by atoms with E-state index in [1.54, 1.807) is 7.11 Å². The second-order valence-electron chi connectivity index (χ2n) is 8.23. The molecule has 2 N–H and O–H groups in total. The summed E-state index contributed by atoms with van der Waals surface area (Å²) in [6.07, 6.45) is 9.22. The second-order valence-corrected chi connectivity index (χ2v) is 8.23. The molecule has 0 radical (unpaired) electrons. The molecule has 0 spiro atoms. The molecular formula is C25H29N3O. The summed E-state index contributed by atoms with van der Waals surface area (Å²) in [6.45, 7) is 3.57. The van der Waals surface area contributed by atoms with Gasteiger partial charge in [0.1, 0.15) is 5.75 Å². The molecule has 1 fully saturated rings. The van der Waals surface area contributed by atoms with E-state index in [4.69, 9.17) is 4.74 Å². The zero-order valence-electron chi connectivity index (χ0n) is 17.1. The van der Waals surface area contributed by atoms with Gasteiger partial charge in [-0.25, -0.2) is 0 Å². The maximum atomic E-state index is 5.43. The van der Waals surface area contributed by atoms with Crippen LogP contribution in [0.5, 0.6) is 5.75 Å². The van der Waals surface area contributed by atoms with Crippen LogP contribution >= 0.6 is 0 Å². The van der Waals surface area contributed by atoms with Gasteiger partial charge in [-0.05, 0) is 86.6 Å². The van der Waals surface area contributed by atoms with E-state index in [2.05, 4.69) is 63.7 Å². The number of methoxy groups -OCH3 is 1. The van der Waals surface area contributed by atoms with Gasteiger partial charge < -0.3 is 19.6 Å². The minimum atomic E-state index is 0.640. The van der Waals surface area contributed by atoms with Crippen molar-refractivity contribution in [3.05, 3.63) is 66.0 Å². The lowest BCUT2D eigenvalue weighted by atomic mass is 9.89. The fraction of sp³-hybridized carbons (Fsp3) is 0.360. The summed E-state index contributed by atoms with van der Waals surface area (Å²) >= 11 is 0. The van der Waals surface area contributed by atoms with Gasteiger partial charge in [-0.1, -0.05) is 18.2 Å². The lowest BCUT2D eigenvalue weighted by Crippen LogP contribution is -2.33. The average Bonchev–Trinajstić information content (AvgIpc) is 3.38. The molecule has 1 aliphatic heterocycles. The van der Waals surface area contributed by atoms with Crippen LogP contribution in [0.4, 0.5) is 0 Å². The number of H-pyrrole nitrogens is 2. The molecule has 2 aromatic heterocycles. The third kappa shape index (κ3) is 3.65. The third-order valence-corrected chi connectivity index (χ3v) is 6.54. The molecule has 29 heavy (non-hydrogen) atoms. The van der Waals surface area contributed by atoms with E-state index in [-0.39, 0.29) is 0 Å². The zero-order chi connectivity index (χ0) is 19.6. The smallest absolute Gasteiger partial charge is 0.119 e. The predicted molar refractivity (Wildman–Crippen MR) is 120 cm³/mol. The van der Waals surface area contributed by atoms with Gasteiger partial charge in [0.25, 0.3) is 0 Å². The maximum Gasteiger partial charge on any atom is 0.119 e. The Balaban J connectivity index is 1.17. The van der Waals surface area contributed by atoms with Crippen molar-refractivity contribution in [2.45, 2.75) is 31.6 Å². The van der Waals surface area contributed by atoms with Gasteiger partial charge in [-0.2, -0.15) is 0 Å². The van der Waals surface area contributed by atoms with Gasteiger partial charge in [0, 0.05) is 34.2 Å². The van der Waals surface area contributed by atoms with Crippen molar-refractivity contribution in [1.82, 2.24) is 14.9 Å². The molecule has 0 aliphatic carbocycles. The second kappa shape index (κ2) is 7.96. The number of aryl methyl sites for hydroxylation is 1. The molecule has 150 valence electrons. The van der Waals surface area contributed by atoms with Gasteiger partial charge in [-0.3, -0.25) is 0 Å². The Bertz CT molecular complexity index is 1100. The number of aromatic amines is 2. The molecule has 5 rings (SSSR count). The number of aromatic nitrogens is 2. The van der Waals surface area contributed by atoms with Crippen molar-refractivity contribution in [3.8, 4) is 5.75 Å². The standard InChI is InChI=1S/C25H29N3O/c1-29-20-8-9-25-22(15-20)23(17-27-25)18-10-13-28(14-11-18)12-4-5-19-16-26-24-7-3-2-6-21(19)24/h2-3,6-9,15-18,26-27H,4-5,10-14H2,1H3. The molecule has 0 bridgehead atoms. The molecule has 1 aliphatic rings. The summed E-state index contributed by atoms with van der Waals surface area (Å²) in [7, 11) is 1.74. The molecule has 4 heteroatoms. The monoisotopic (exact) mass is 387 g/mol. The Morgan fingerprint density at radius 1 is 0.966 bits per heavy atom. The number of para-hydroxylation sites is 1. The highest BCUT2D eigenvalue weighted by atomic mass is 16.5. The number of hydrogen-bond acceptors (Lipinski definition) is 2. The number of hydrogen-bond donors (Lipinski definition) is 2. The van der Waals surface area contributed by atoms with Gasteiger partial charge in [0.05, 0.1) is 7.11 Å². The van der Waals surface area contributed by atoms with Crippen LogP contribution in [-0.4, -0.2) is 41.6 Å². The Kier molecular flexibility index (Phi) is 5.03. The van der Waals surface area contributed by atoms with Crippen LogP contribution in [-0.2, 0) is 6.42 Å². The first-order valence-corrected chi connectivity index (χ1v) is 10.7. The molecular weight excluding hydrogens is 358 g/mol. The van der Waals surface area contributed by atoms with E-state index in [1.165, 1.54) is 71.8 Å². The molecule has 0 unspecified atom stereocenters. The van der Waals surface area contributed by atoms with Crippen molar-refractivity contribution in [3.63, 3.8) is 0 Å². The van der Waals surface area contributed by atoms with Crippen LogP contribution in [0.1, 0.15) is 36.3 Å². The number of nitrogens with zero attached hydrogens (tertiary/aromatic N) is 1. The summed E-state index contributed by atoms with van der Waals surface area (Å²) < 4.78 is 5.43. The summed E-state index contributed by atoms with van der Waals surface area (Å²) in [6, 6.07) is 14.9. The average molecular weight is 388 g/mol. The normalized spacial score (nSPS) is 16.0. The molecule has 3 heterocycles. The fourth-order valence-electron chi connectivity index (χ4n) is 4.89. The number of benzene rings is 2. The molecule has 0 amide bonds. The van der Waals surface area contributed by atoms with Crippen molar-refractivity contribution < 1.29 is 4.74 Å². The van der Waals surface area contributed by atoms with Gasteiger partial charge in [0.2, 0.25) is 0 Å². The van der Waals surface area contributed by atoms with E-state index in [0.717, 1.165) is 12.2 Å². The summed E-state index contributed by atoms with van der Waals surface area (Å²) in [5, 5.41) is 2.70. The van der Waals surface area contributed by atoms with Crippen LogP contribution in [0.25, 0.3) is 21.8 Å². The third-order valence-electron chi connectivity index (χ3n) is 6.54. The van der Waals surface area contributed by atoms with Gasteiger partial charge in [-0.15, -0.1) is 0 Å². The predicted octanol–water partition coefficient (Wildman–Crippen LogP) is 5.47. The summed E-state index contributed by atoms with van der Waals surface area (Å²) in [5.41, 5.74) is 5.36. The van der Waals surface area contributed by atoms with Crippen LogP contribution in [0.3, 0.4) is 0 Å². The quantitative estimate of drug-likeness (QED) is 0.461. The number of nitrogens with one attached hydrogen (secondary N) is 2. The largest absolute Gasteiger partial charge is 0.497 e. The van der Waals surface area contributed by atoms with E-state index >= 15 is 0 Å². The Hall–Kier alpha value is -2.72. The van der Waals surface area contributed by atoms with Crippen LogP contribution in [0.15, 0.2) is 54.9 Å². The first-order chi connectivity index (χ1) is 14.3. The number of likely N-dealkylation sites (tertiary alicyclic amines) is 1. The topological polar surface area (TPSA) is 44.0 Å². The van der Waals surface area contributed by atoms with Crippen molar-refractivity contribution in [1.29, 1.82) is 0 Å². The number of fused-ring (bicyclic) bond motifs is 2. The van der Waals surface area contributed by atoms with E-state index in [9.17, 15) is 0 Å². The minimum Gasteiger partial charge on any atom is -0.497 e. The van der Waals surface area contributed by atoms with Crippen molar-refractivity contribution >= 4 is 21.8 Å². The summed E-state index contributed by atoms with van der Waals surface area (Å²) in [5.74, 6) is 1.58. The molecule has 1 saturated heterocycles. The highest BCUT2D eigenvalue weighted by molar-refractivity contribution is 5.85. The maximum absolute atomic E-state index is 5.43. The number of piperidine rings is 1. The van der Waals surface area contributed by atoms with Gasteiger partial charge >= 0.3 is 0 Å². The van der Waals surface area contributed by atoms with Crippen LogP contribution < -0.4 is 4.74 Å². The Morgan fingerprint density at radius 3 is 2.62 bits per heavy atom. The van der Waals surface area contributed by atoms with E-state index in [1.807, 2.05) is 6.07 Å². The van der Waals surface area contributed by atoms with Gasteiger partial charge in [0.15, 0.2) is 0 Å². The molecule has 2 aromatic carbocycles. The lowest BCUT2D eigenvalue weighted by molar-refractivity contribution is 0.211. The molecule has 4 aromatic rings. The highest BCUT2D eigenvalue weighted by Gasteiger charge is 2.22. The SMILES string of the molecule is COc1ccc2[nH]cc(C3CCN(CCCc4c[nH]c5ccccc45)CC3)c2c1. The molecule has 4 nitrogen and oxygen atoms in total. The molecule has 0 atom stereocenters. The number of rotatable bonds is 6. The van der Waals surface area contributed by atoms with E-state index < -0.39 is 0 Å². The van der Waals surface area contributed by atoms with Crippen LogP contribution in [0, 0.1) is 0 Å². The zero-order valence-corrected chi connectivity index (χ0v) is 17.1. The Morgan fingerprint density at radius 2 is 1.76 bits per heavy atom. The first kappa shape index (κ1) is 18.3. The van der Waals surface area contributed by atoms with Crippen LogP contribution in [0.2, 0.25) is 0 Å². The Labute approximate surface area is 171 Å². The minimum absolute atomic E-state index is 0.640. The van der Waals surface area contributed by atoms with Crippen molar-refractivity contribution in [2.24, 2.45) is 0 Å². The fourth-order valence-corrected chi connectivity index (χ4v) is 4.89. The summed E-state index contributed by atoms with van der Waals surface area (Å²) in [4.78, 5) is 9.48. The van der Waals surface area contributed by atoms with Crippen molar-refractivity contribution in [2.75, 3.05) is 26.7 Å². The highest BCUT2D eigenvalue weighted by Crippen LogP contribution is 2.34.